The second kappa shape index (κ2) is 6.59. The van der Waals surface area contributed by atoms with E-state index in [-0.39, 0.29) is 11.4 Å². The molecular formula is C18H14BrF3N3O2. The first-order valence-electron chi connectivity index (χ1n) is 7.67. The number of hydrogen-bond donors (Lipinski definition) is 1. The van der Waals surface area contributed by atoms with Gasteiger partial charge in [0.05, 0.1) is 16.9 Å². The van der Waals surface area contributed by atoms with Gasteiger partial charge in [0.1, 0.15) is 5.70 Å². The van der Waals surface area contributed by atoms with Crippen LogP contribution >= 0.6 is 15.9 Å². The Hall–Kier alpha value is -2.49. The van der Waals surface area contributed by atoms with E-state index in [1.807, 2.05) is 31.2 Å². The fraction of sp³-hybridized carbons (Fsp3) is 0.111. The van der Waals surface area contributed by atoms with Crippen molar-refractivity contribution in [2.45, 2.75) is 13.1 Å². The molecule has 2 aromatic carbocycles. The number of anilines is 2. The third-order valence-electron chi connectivity index (χ3n) is 4.30. The molecule has 0 saturated heterocycles. The lowest BCUT2D eigenvalue weighted by molar-refractivity contribution is -0.137. The molecule has 0 bridgehead atoms. The molecule has 0 saturated carbocycles. The zero-order chi connectivity index (χ0) is 18.6. The summed E-state index contributed by atoms with van der Waals surface area (Å²) in [6.45, 7) is 1.84. The number of hydrogen-bond acceptors (Lipinski definition) is 3. The molecule has 0 aromatic heterocycles. The highest BCUT2D eigenvalue weighted by molar-refractivity contribution is 9.15. The molecule has 0 aliphatic carbocycles. The Morgan fingerprint density at radius 1 is 1.00 bits per heavy atom. The van der Waals surface area contributed by atoms with Crippen LogP contribution in [0.3, 0.4) is 0 Å². The Morgan fingerprint density at radius 3 is 2.26 bits per heavy atom. The molecule has 1 radical (unpaired) electrons. The van der Waals surface area contributed by atoms with Gasteiger partial charge in [0, 0.05) is 10.0 Å². The van der Waals surface area contributed by atoms with Gasteiger partial charge in [-0.05, 0) is 64.3 Å². The quantitative estimate of drug-likeness (QED) is 0.708. The van der Waals surface area contributed by atoms with Gasteiger partial charge in [0.25, 0.3) is 0 Å². The molecule has 2 heterocycles. The maximum Gasteiger partial charge on any atom is 0.416 e. The molecule has 9 heteroatoms. The predicted molar refractivity (Wildman–Crippen MR) is 99.8 cm³/mol. The molecular weight excluding hydrogens is 427 g/mol. The van der Waals surface area contributed by atoms with Crippen molar-refractivity contribution in [3.8, 4) is 0 Å². The largest absolute Gasteiger partial charge is 0.492 e. The summed E-state index contributed by atoms with van der Waals surface area (Å²) in [4.78, 5) is 0. The molecule has 141 valence electrons. The van der Waals surface area contributed by atoms with Crippen LogP contribution in [0.5, 0.6) is 0 Å². The average Bonchev–Trinajstić information content (AvgIpc) is 2.97. The van der Waals surface area contributed by atoms with E-state index in [4.69, 9.17) is 0 Å². The number of rotatable bonds is 1. The number of allylic oxidation sites excluding steroid dienone is 1. The molecule has 0 spiro atoms. The van der Waals surface area contributed by atoms with Crippen molar-refractivity contribution in [3.63, 3.8) is 0 Å². The molecule has 4 rings (SSSR count). The summed E-state index contributed by atoms with van der Waals surface area (Å²) >= 11 is 3.55. The van der Waals surface area contributed by atoms with Gasteiger partial charge in [-0.15, -0.1) is 0 Å². The molecule has 0 amide bonds. The molecule has 0 atom stereocenters. The SMILES string of the molecule is CC1=C(Br)c2ccccc2N2[N]N(c3ccc(C(F)(F)F)cc3)C(O)=C12.O. The summed E-state index contributed by atoms with van der Waals surface area (Å²) in [5.74, 6) is -0.145. The van der Waals surface area contributed by atoms with Crippen molar-refractivity contribution in [2.75, 3.05) is 10.0 Å². The first-order valence-corrected chi connectivity index (χ1v) is 8.47. The topological polar surface area (TPSA) is 72.3 Å². The summed E-state index contributed by atoms with van der Waals surface area (Å²) in [5.41, 5.74) is 6.90. The highest BCUT2D eigenvalue weighted by Gasteiger charge is 2.39. The lowest BCUT2D eigenvalue weighted by Gasteiger charge is -2.28. The summed E-state index contributed by atoms with van der Waals surface area (Å²) < 4.78 is 39.1. The van der Waals surface area contributed by atoms with Crippen LogP contribution in [0.15, 0.2) is 65.7 Å². The minimum absolute atomic E-state index is 0. The minimum atomic E-state index is -4.41. The van der Waals surface area contributed by atoms with E-state index in [0.29, 0.717) is 11.4 Å². The van der Waals surface area contributed by atoms with Crippen molar-refractivity contribution in [3.05, 3.63) is 76.8 Å². The molecule has 0 fully saturated rings. The van der Waals surface area contributed by atoms with Crippen LogP contribution in [0.2, 0.25) is 0 Å². The Bertz CT molecular complexity index is 955. The number of benzene rings is 2. The van der Waals surface area contributed by atoms with E-state index in [9.17, 15) is 18.3 Å². The standard InChI is InChI=1S/C18H12BrF3N3O.H2O/c1-10-15(19)13-4-2-3-5-14(13)25-16(10)17(26)24(23-25)12-8-6-11(7-9-12)18(20,21)22;/h2-9,26H,1H3;1H2. The van der Waals surface area contributed by atoms with Gasteiger partial charge < -0.3 is 10.6 Å². The monoisotopic (exact) mass is 440 g/mol. The lowest BCUT2D eigenvalue weighted by Crippen LogP contribution is -2.36. The van der Waals surface area contributed by atoms with Gasteiger partial charge >= 0.3 is 6.18 Å². The molecule has 0 unspecified atom stereocenters. The van der Waals surface area contributed by atoms with E-state index in [1.165, 1.54) is 17.1 Å². The van der Waals surface area contributed by atoms with Crippen molar-refractivity contribution in [1.82, 2.24) is 5.53 Å². The Kier molecular flexibility index (Phi) is 4.71. The fourth-order valence-corrected chi connectivity index (χ4v) is 3.51. The van der Waals surface area contributed by atoms with E-state index < -0.39 is 11.7 Å². The van der Waals surface area contributed by atoms with E-state index in [1.54, 1.807) is 5.01 Å². The fourth-order valence-electron chi connectivity index (χ4n) is 2.98. The zero-order valence-electron chi connectivity index (χ0n) is 13.9. The molecule has 3 N–H and O–H groups in total. The lowest BCUT2D eigenvalue weighted by atomic mass is 10.0. The molecule has 2 aromatic rings. The highest BCUT2D eigenvalue weighted by atomic mass is 79.9. The van der Waals surface area contributed by atoms with Gasteiger partial charge in [-0.1, -0.05) is 18.2 Å². The van der Waals surface area contributed by atoms with Crippen molar-refractivity contribution in [2.24, 2.45) is 0 Å². The van der Waals surface area contributed by atoms with Crippen LogP contribution in [0.1, 0.15) is 18.1 Å². The number of nitrogens with zero attached hydrogens (tertiary/aromatic N) is 3. The van der Waals surface area contributed by atoms with Gasteiger partial charge in [0.15, 0.2) is 0 Å². The van der Waals surface area contributed by atoms with Crippen molar-refractivity contribution >= 4 is 31.8 Å². The van der Waals surface area contributed by atoms with Crippen LogP contribution < -0.4 is 15.6 Å². The molecule has 2 aliphatic heterocycles. The summed E-state index contributed by atoms with van der Waals surface area (Å²) in [6, 6.07) is 12.0. The highest BCUT2D eigenvalue weighted by Crippen LogP contribution is 2.46. The normalized spacial score (nSPS) is 16.3. The summed E-state index contributed by atoms with van der Waals surface area (Å²) in [7, 11) is 0. The van der Waals surface area contributed by atoms with E-state index in [0.717, 1.165) is 33.4 Å². The Morgan fingerprint density at radius 2 is 1.63 bits per heavy atom. The van der Waals surface area contributed by atoms with Crippen LogP contribution in [0, 0.1) is 0 Å². The first kappa shape index (κ1) is 19.3. The molecule has 5 nitrogen and oxygen atoms in total. The van der Waals surface area contributed by atoms with Gasteiger partial charge in [-0.2, -0.15) is 13.2 Å². The maximum atomic E-state index is 12.8. The van der Waals surface area contributed by atoms with E-state index in [2.05, 4.69) is 21.5 Å². The summed E-state index contributed by atoms with van der Waals surface area (Å²) in [5, 5.41) is 13.5. The number of aliphatic hydroxyl groups is 1. The zero-order valence-corrected chi connectivity index (χ0v) is 15.5. The average molecular weight is 441 g/mol. The number of aliphatic hydroxyl groups excluding tert-OH is 1. The van der Waals surface area contributed by atoms with Crippen LogP contribution in [0.4, 0.5) is 24.5 Å². The minimum Gasteiger partial charge on any atom is -0.492 e. The van der Waals surface area contributed by atoms with Crippen molar-refractivity contribution in [1.29, 1.82) is 0 Å². The number of alkyl halides is 3. The van der Waals surface area contributed by atoms with Crippen LogP contribution in [-0.4, -0.2) is 10.6 Å². The third-order valence-corrected chi connectivity index (χ3v) is 5.32. The predicted octanol–water partition coefficient (Wildman–Crippen LogP) is 4.51. The van der Waals surface area contributed by atoms with Gasteiger partial charge in [0.2, 0.25) is 5.88 Å². The van der Waals surface area contributed by atoms with E-state index >= 15 is 0 Å². The smallest absolute Gasteiger partial charge is 0.416 e. The third kappa shape index (κ3) is 2.97. The second-order valence-corrected chi connectivity index (χ2v) is 6.68. The van der Waals surface area contributed by atoms with Crippen LogP contribution in [0.25, 0.3) is 4.48 Å². The van der Waals surface area contributed by atoms with Gasteiger partial charge in [-0.3, -0.25) is 0 Å². The first-order chi connectivity index (χ1) is 12.3. The number of halogens is 4. The molecule has 27 heavy (non-hydrogen) atoms. The second-order valence-electron chi connectivity index (χ2n) is 5.89. The Labute approximate surface area is 161 Å². The summed E-state index contributed by atoms with van der Waals surface area (Å²) in [6.07, 6.45) is -4.41. The number of fused-ring (bicyclic) bond motifs is 3. The molecule has 2 aliphatic rings. The Balaban J connectivity index is 0.00000210. The van der Waals surface area contributed by atoms with Crippen molar-refractivity contribution < 1.29 is 23.8 Å². The van der Waals surface area contributed by atoms with Gasteiger partial charge in [-0.25, -0.2) is 10.0 Å². The number of para-hydroxylation sites is 1. The van der Waals surface area contributed by atoms with Crippen LogP contribution in [-0.2, 0) is 6.18 Å². The maximum absolute atomic E-state index is 12.8.